The molecule has 2 aromatic rings. The zero-order chi connectivity index (χ0) is 22.8. The molecule has 32 heavy (non-hydrogen) atoms. The van der Waals surface area contributed by atoms with Crippen molar-refractivity contribution in [2.45, 2.75) is 44.7 Å². The van der Waals surface area contributed by atoms with Crippen molar-refractivity contribution in [1.82, 2.24) is 4.90 Å². The number of nitrogens with zero attached hydrogens (tertiary/aromatic N) is 3. The molecule has 2 aliphatic heterocycles. The summed E-state index contributed by atoms with van der Waals surface area (Å²) in [4.78, 5) is 43.0. The van der Waals surface area contributed by atoms with Gasteiger partial charge in [0, 0.05) is 31.2 Å². The van der Waals surface area contributed by atoms with E-state index in [4.69, 9.17) is 0 Å². The number of imide groups is 1. The number of rotatable bonds is 5. The third-order valence-electron chi connectivity index (χ3n) is 6.19. The highest BCUT2D eigenvalue weighted by Crippen LogP contribution is 2.30. The molecule has 2 aromatic carbocycles. The summed E-state index contributed by atoms with van der Waals surface area (Å²) >= 11 is 0. The first-order valence-corrected chi connectivity index (χ1v) is 10.8. The van der Waals surface area contributed by atoms with Gasteiger partial charge in [0.1, 0.15) is 11.6 Å². The van der Waals surface area contributed by atoms with E-state index in [9.17, 15) is 23.2 Å². The van der Waals surface area contributed by atoms with E-state index in [0.29, 0.717) is 43.7 Å². The Balaban J connectivity index is 1.45. The van der Waals surface area contributed by atoms with Crippen LogP contribution in [0.1, 0.15) is 32.6 Å². The molecular formula is C24H25F2N3O3. The monoisotopic (exact) mass is 441 g/mol. The van der Waals surface area contributed by atoms with E-state index in [0.717, 1.165) is 4.90 Å². The number of likely N-dealkylation sites (tertiary alicyclic amines) is 1. The maximum atomic E-state index is 13.3. The lowest BCUT2D eigenvalue weighted by atomic mass is 9.99. The molecule has 1 atom stereocenters. The second-order valence-electron chi connectivity index (χ2n) is 8.12. The molecule has 8 heteroatoms. The fourth-order valence-corrected chi connectivity index (χ4v) is 4.55. The van der Waals surface area contributed by atoms with E-state index in [-0.39, 0.29) is 36.0 Å². The lowest BCUT2D eigenvalue weighted by Crippen LogP contribution is -2.51. The summed E-state index contributed by atoms with van der Waals surface area (Å²) in [5.74, 6) is -1.44. The van der Waals surface area contributed by atoms with E-state index in [2.05, 4.69) is 0 Å². The maximum Gasteiger partial charge on any atom is 0.251 e. The van der Waals surface area contributed by atoms with Crippen molar-refractivity contribution >= 4 is 29.1 Å². The van der Waals surface area contributed by atoms with Gasteiger partial charge in [-0.25, -0.2) is 13.7 Å². The average molecular weight is 441 g/mol. The molecule has 2 saturated heterocycles. The SMILES string of the molecule is CCC(=O)N(c1ccc(F)cc1)C1CCN(C2CC(=O)N(c3ccc(F)cc3)C2=O)CC1. The standard InChI is InChI=1S/C24H25F2N3O3/c1-2-22(30)28(18-7-3-16(25)4-8-18)20-11-13-27(14-12-20)21-15-23(31)29(24(21)32)19-9-5-17(26)6-10-19/h3-10,20-21H,2,11-15H2,1H3. The van der Waals surface area contributed by atoms with Crippen molar-refractivity contribution in [3.05, 3.63) is 60.2 Å². The number of benzene rings is 2. The molecule has 3 amide bonds. The van der Waals surface area contributed by atoms with Crippen molar-refractivity contribution < 1.29 is 23.2 Å². The number of amides is 3. The van der Waals surface area contributed by atoms with Crippen LogP contribution in [-0.2, 0) is 14.4 Å². The summed E-state index contributed by atoms with van der Waals surface area (Å²) in [7, 11) is 0. The Labute approximate surface area is 185 Å². The van der Waals surface area contributed by atoms with Gasteiger partial charge in [0.15, 0.2) is 0 Å². The molecule has 0 radical (unpaired) electrons. The van der Waals surface area contributed by atoms with Gasteiger partial charge in [0.05, 0.1) is 18.2 Å². The minimum absolute atomic E-state index is 0.0373. The molecule has 0 aromatic heterocycles. The van der Waals surface area contributed by atoms with E-state index in [1.54, 1.807) is 24.0 Å². The average Bonchev–Trinajstić information content (AvgIpc) is 3.10. The number of halogens is 2. The highest BCUT2D eigenvalue weighted by Gasteiger charge is 2.44. The molecule has 2 fully saturated rings. The molecule has 0 N–H and O–H groups in total. The Bertz CT molecular complexity index is 1000. The Hall–Kier alpha value is -3.13. The molecule has 0 aliphatic carbocycles. The van der Waals surface area contributed by atoms with Crippen LogP contribution >= 0.6 is 0 Å². The molecule has 0 spiro atoms. The van der Waals surface area contributed by atoms with Crippen molar-refractivity contribution in [2.24, 2.45) is 0 Å². The number of carbonyl (C=O) groups excluding carboxylic acids is 3. The Morgan fingerprint density at radius 2 is 1.53 bits per heavy atom. The normalized spacial score (nSPS) is 20.1. The molecular weight excluding hydrogens is 416 g/mol. The van der Waals surface area contributed by atoms with Gasteiger partial charge in [-0.2, -0.15) is 0 Å². The van der Waals surface area contributed by atoms with Crippen LogP contribution in [0.4, 0.5) is 20.2 Å². The Morgan fingerprint density at radius 1 is 0.969 bits per heavy atom. The van der Waals surface area contributed by atoms with Gasteiger partial charge in [-0.15, -0.1) is 0 Å². The summed E-state index contributed by atoms with van der Waals surface area (Å²) < 4.78 is 26.6. The molecule has 0 bridgehead atoms. The fourth-order valence-electron chi connectivity index (χ4n) is 4.55. The Morgan fingerprint density at radius 3 is 2.09 bits per heavy atom. The van der Waals surface area contributed by atoms with Crippen LogP contribution in [0.3, 0.4) is 0 Å². The third kappa shape index (κ3) is 4.27. The fraction of sp³-hybridized carbons (Fsp3) is 0.375. The largest absolute Gasteiger partial charge is 0.309 e. The number of carbonyl (C=O) groups is 3. The van der Waals surface area contributed by atoms with Gasteiger partial charge in [-0.1, -0.05) is 6.92 Å². The molecule has 4 rings (SSSR count). The van der Waals surface area contributed by atoms with Gasteiger partial charge < -0.3 is 4.90 Å². The van der Waals surface area contributed by atoms with Crippen LogP contribution in [0.25, 0.3) is 0 Å². The van der Waals surface area contributed by atoms with Crippen molar-refractivity contribution in [2.75, 3.05) is 22.9 Å². The van der Waals surface area contributed by atoms with Crippen LogP contribution < -0.4 is 9.80 Å². The van der Waals surface area contributed by atoms with E-state index < -0.39 is 11.9 Å². The van der Waals surface area contributed by atoms with E-state index in [1.165, 1.54) is 36.4 Å². The van der Waals surface area contributed by atoms with Crippen LogP contribution in [0, 0.1) is 11.6 Å². The zero-order valence-electron chi connectivity index (χ0n) is 17.8. The van der Waals surface area contributed by atoms with Crippen molar-refractivity contribution in [3.8, 4) is 0 Å². The number of piperidine rings is 1. The topological polar surface area (TPSA) is 60.9 Å². The summed E-state index contributed by atoms with van der Waals surface area (Å²) in [6, 6.07) is 10.6. The van der Waals surface area contributed by atoms with Crippen LogP contribution in [0.2, 0.25) is 0 Å². The number of hydrogen-bond acceptors (Lipinski definition) is 4. The van der Waals surface area contributed by atoms with Crippen LogP contribution in [0.15, 0.2) is 48.5 Å². The summed E-state index contributed by atoms with van der Waals surface area (Å²) in [6.45, 7) is 2.90. The second kappa shape index (κ2) is 9.16. The first kappa shape index (κ1) is 22.1. The van der Waals surface area contributed by atoms with Crippen molar-refractivity contribution in [3.63, 3.8) is 0 Å². The lowest BCUT2D eigenvalue weighted by molar-refractivity contribution is -0.123. The maximum absolute atomic E-state index is 13.3. The van der Waals surface area contributed by atoms with E-state index in [1.807, 2.05) is 4.90 Å². The smallest absolute Gasteiger partial charge is 0.251 e. The number of hydrogen-bond donors (Lipinski definition) is 0. The number of anilines is 2. The minimum atomic E-state index is -0.561. The molecule has 1 unspecified atom stereocenters. The zero-order valence-corrected chi connectivity index (χ0v) is 17.8. The van der Waals surface area contributed by atoms with Crippen LogP contribution in [-0.4, -0.2) is 47.8 Å². The van der Waals surface area contributed by atoms with Crippen LogP contribution in [0.5, 0.6) is 0 Å². The molecule has 2 aliphatic rings. The predicted molar refractivity (Wildman–Crippen MR) is 116 cm³/mol. The Kier molecular flexibility index (Phi) is 6.32. The molecule has 0 saturated carbocycles. The van der Waals surface area contributed by atoms with Gasteiger partial charge in [0.25, 0.3) is 5.91 Å². The van der Waals surface area contributed by atoms with E-state index >= 15 is 0 Å². The van der Waals surface area contributed by atoms with Crippen molar-refractivity contribution in [1.29, 1.82) is 0 Å². The first-order valence-electron chi connectivity index (χ1n) is 10.8. The molecule has 6 nitrogen and oxygen atoms in total. The minimum Gasteiger partial charge on any atom is -0.309 e. The highest BCUT2D eigenvalue weighted by atomic mass is 19.1. The molecule has 168 valence electrons. The van der Waals surface area contributed by atoms with Gasteiger partial charge >= 0.3 is 0 Å². The lowest BCUT2D eigenvalue weighted by Gasteiger charge is -2.40. The molecule has 2 heterocycles. The van der Waals surface area contributed by atoms with Gasteiger partial charge in [0.2, 0.25) is 11.8 Å². The quantitative estimate of drug-likeness (QED) is 0.667. The highest BCUT2D eigenvalue weighted by molar-refractivity contribution is 6.22. The van der Waals surface area contributed by atoms with Gasteiger partial charge in [-0.3, -0.25) is 19.3 Å². The predicted octanol–water partition coefficient (Wildman–Crippen LogP) is 3.50. The van der Waals surface area contributed by atoms with Gasteiger partial charge in [-0.05, 0) is 61.4 Å². The summed E-state index contributed by atoms with van der Waals surface area (Å²) in [6.07, 6.45) is 1.69. The first-order chi connectivity index (χ1) is 15.4. The summed E-state index contributed by atoms with van der Waals surface area (Å²) in [5, 5.41) is 0. The third-order valence-corrected chi connectivity index (χ3v) is 6.19. The summed E-state index contributed by atoms with van der Waals surface area (Å²) in [5.41, 5.74) is 1.03. The second-order valence-corrected chi connectivity index (χ2v) is 8.12.